The highest BCUT2D eigenvalue weighted by Crippen LogP contribution is 2.25. The van der Waals surface area contributed by atoms with Gasteiger partial charge in [-0.2, -0.15) is 0 Å². The summed E-state index contributed by atoms with van der Waals surface area (Å²) in [5, 5.41) is 3.71. The van der Waals surface area contributed by atoms with Gasteiger partial charge in [-0.3, -0.25) is 13.9 Å². The molecule has 0 saturated heterocycles. The third-order valence-corrected chi connectivity index (χ3v) is 7.93. The molecule has 37 heavy (non-hydrogen) atoms. The average molecular weight is 571 g/mol. The van der Waals surface area contributed by atoms with E-state index in [1.165, 1.54) is 4.31 Å². The van der Waals surface area contributed by atoms with Crippen molar-refractivity contribution in [1.29, 1.82) is 0 Å². The molecule has 0 radical (unpaired) electrons. The zero-order valence-electron chi connectivity index (χ0n) is 22.0. The van der Waals surface area contributed by atoms with Crippen LogP contribution >= 0.6 is 23.2 Å². The first-order valence-corrected chi connectivity index (χ1v) is 15.1. The minimum atomic E-state index is -3.54. The molecule has 1 N–H and O–H groups in total. The molecule has 2 aromatic rings. The van der Waals surface area contributed by atoms with E-state index in [-0.39, 0.29) is 31.3 Å². The number of anilines is 1. The largest absolute Gasteiger partial charge is 0.354 e. The van der Waals surface area contributed by atoms with E-state index in [4.69, 9.17) is 23.2 Å². The lowest BCUT2D eigenvalue weighted by molar-refractivity contribution is -0.141. The molecule has 0 bridgehead atoms. The van der Waals surface area contributed by atoms with Crippen LogP contribution in [0, 0.1) is 6.92 Å². The third kappa shape index (κ3) is 9.51. The smallest absolute Gasteiger partial charge is 0.242 e. The van der Waals surface area contributed by atoms with Gasteiger partial charge in [0.2, 0.25) is 21.8 Å². The molecular weight excluding hydrogens is 533 g/mol. The first-order chi connectivity index (χ1) is 17.5. The summed E-state index contributed by atoms with van der Waals surface area (Å²) in [4.78, 5) is 28.0. The molecule has 2 amide bonds. The fraction of sp³-hybridized carbons (Fsp3) is 0.481. The summed E-state index contributed by atoms with van der Waals surface area (Å²) in [6.07, 6.45) is 3.76. The molecule has 1 atom stereocenters. The molecule has 0 saturated carbocycles. The van der Waals surface area contributed by atoms with E-state index in [1.54, 1.807) is 41.3 Å². The standard InChI is InChI=1S/C27H37Cl2N3O4S/c1-5-7-15-30-27(34)25(6-2)31(19-21-13-14-23(28)24(29)18-21)26(33)12-9-16-32(37(4,35)36)22-11-8-10-20(3)17-22/h8,10-11,13-14,17-18,25H,5-7,9,12,15-16,19H2,1-4H3,(H,30,34)/t25-/m0/s1. The topological polar surface area (TPSA) is 86.8 Å². The number of hydrogen-bond acceptors (Lipinski definition) is 4. The maximum Gasteiger partial charge on any atom is 0.242 e. The number of amides is 2. The highest BCUT2D eigenvalue weighted by Gasteiger charge is 2.29. The predicted octanol–water partition coefficient (Wildman–Crippen LogP) is 5.57. The summed E-state index contributed by atoms with van der Waals surface area (Å²) >= 11 is 12.2. The van der Waals surface area contributed by atoms with Crippen molar-refractivity contribution in [2.45, 2.75) is 65.5 Å². The number of unbranched alkanes of at least 4 members (excludes halogenated alkanes) is 1. The molecule has 0 aromatic heterocycles. The zero-order chi connectivity index (χ0) is 27.6. The minimum absolute atomic E-state index is 0.0812. The molecule has 0 fully saturated rings. The monoisotopic (exact) mass is 569 g/mol. The van der Waals surface area contributed by atoms with Gasteiger partial charge in [0.1, 0.15) is 6.04 Å². The number of hydrogen-bond donors (Lipinski definition) is 1. The van der Waals surface area contributed by atoms with Crippen LogP contribution in [0.1, 0.15) is 57.1 Å². The number of halogens is 2. The summed E-state index contributed by atoms with van der Waals surface area (Å²) in [6, 6.07) is 11.7. The van der Waals surface area contributed by atoms with Crippen LogP contribution in [-0.4, -0.2) is 50.5 Å². The summed E-state index contributed by atoms with van der Waals surface area (Å²) in [6.45, 7) is 6.67. The van der Waals surface area contributed by atoms with E-state index in [1.807, 2.05) is 26.8 Å². The lowest BCUT2D eigenvalue weighted by atomic mass is 10.1. The molecule has 7 nitrogen and oxygen atoms in total. The quantitative estimate of drug-likeness (QED) is 0.301. The number of nitrogens with one attached hydrogen (secondary N) is 1. The minimum Gasteiger partial charge on any atom is -0.354 e. The van der Waals surface area contributed by atoms with Gasteiger partial charge in [-0.25, -0.2) is 8.42 Å². The Hall–Kier alpha value is -2.29. The van der Waals surface area contributed by atoms with E-state index in [9.17, 15) is 18.0 Å². The lowest BCUT2D eigenvalue weighted by Crippen LogP contribution is -2.49. The number of carbonyl (C=O) groups is 2. The van der Waals surface area contributed by atoms with Gasteiger partial charge in [-0.05, 0) is 61.6 Å². The van der Waals surface area contributed by atoms with Crippen molar-refractivity contribution < 1.29 is 18.0 Å². The van der Waals surface area contributed by atoms with Gasteiger partial charge in [0.05, 0.1) is 22.0 Å². The fourth-order valence-electron chi connectivity index (χ4n) is 4.05. The van der Waals surface area contributed by atoms with E-state index in [0.29, 0.717) is 35.1 Å². The van der Waals surface area contributed by atoms with Crippen LogP contribution in [-0.2, 0) is 26.2 Å². The molecule has 2 aromatic carbocycles. The van der Waals surface area contributed by atoms with Crippen molar-refractivity contribution in [1.82, 2.24) is 10.2 Å². The Morgan fingerprint density at radius 2 is 1.76 bits per heavy atom. The Morgan fingerprint density at radius 3 is 2.35 bits per heavy atom. The molecule has 0 spiro atoms. The highest BCUT2D eigenvalue weighted by molar-refractivity contribution is 7.92. The summed E-state index contributed by atoms with van der Waals surface area (Å²) in [5.74, 6) is -0.442. The molecule has 10 heteroatoms. The molecule has 0 aliphatic carbocycles. The van der Waals surface area contributed by atoms with E-state index in [2.05, 4.69) is 5.32 Å². The van der Waals surface area contributed by atoms with Gasteiger partial charge in [0, 0.05) is 26.1 Å². The maximum atomic E-state index is 13.5. The molecule has 0 unspecified atom stereocenters. The number of nitrogens with zero attached hydrogens (tertiary/aromatic N) is 2. The first kappa shape index (κ1) is 30.9. The second kappa shape index (κ2) is 14.6. The van der Waals surface area contributed by atoms with Gasteiger partial charge in [-0.15, -0.1) is 0 Å². The first-order valence-electron chi connectivity index (χ1n) is 12.5. The van der Waals surface area contributed by atoms with Crippen molar-refractivity contribution in [3.8, 4) is 0 Å². The van der Waals surface area contributed by atoms with Gasteiger partial charge < -0.3 is 10.2 Å². The van der Waals surface area contributed by atoms with Gasteiger partial charge in [-0.1, -0.05) is 61.7 Å². The lowest BCUT2D eigenvalue weighted by Gasteiger charge is -2.31. The van der Waals surface area contributed by atoms with Crippen LogP contribution in [0.2, 0.25) is 10.0 Å². The van der Waals surface area contributed by atoms with Crippen LogP contribution in [0.4, 0.5) is 5.69 Å². The molecule has 0 aliphatic rings. The molecular formula is C27H37Cl2N3O4S. The van der Waals surface area contributed by atoms with Crippen molar-refractivity contribution in [2.75, 3.05) is 23.7 Å². The van der Waals surface area contributed by atoms with Gasteiger partial charge in [0.25, 0.3) is 0 Å². The van der Waals surface area contributed by atoms with Crippen molar-refractivity contribution >= 4 is 50.7 Å². The second-order valence-electron chi connectivity index (χ2n) is 9.12. The average Bonchev–Trinajstić information content (AvgIpc) is 2.83. The molecule has 2 rings (SSSR count). The van der Waals surface area contributed by atoms with Crippen molar-refractivity contribution in [3.63, 3.8) is 0 Å². The highest BCUT2D eigenvalue weighted by atomic mass is 35.5. The zero-order valence-corrected chi connectivity index (χ0v) is 24.3. The Bertz CT molecular complexity index is 1170. The summed E-state index contributed by atoms with van der Waals surface area (Å²) in [5.41, 5.74) is 2.25. The van der Waals surface area contributed by atoms with Crippen molar-refractivity contribution in [3.05, 3.63) is 63.6 Å². The third-order valence-electron chi connectivity index (χ3n) is 5.99. The van der Waals surface area contributed by atoms with E-state index >= 15 is 0 Å². The molecule has 0 aliphatic heterocycles. The Balaban J connectivity index is 2.22. The van der Waals surface area contributed by atoms with E-state index in [0.717, 1.165) is 30.2 Å². The van der Waals surface area contributed by atoms with Crippen LogP contribution in [0.5, 0.6) is 0 Å². The van der Waals surface area contributed by atoms with Crippen LogP contribution < -0.4 is 9.62 Å². The number of sulfonamides is 1. The molecule has 204 valence electrons. The van der Waals surface area contributed by atoms with Crippen LogP contribution in [0.25, 0.3) is 0 Å². The summed E-state index contributed by atoms with van der Waals surface area (Å²) in [7, 11) is -3.54. The fourth-order valence-corrected chi connectivity index (χ4v) is 5.33. The SMILES string of the molecule is CCCCNC(=O)[C@H](CC)N(Cc1ccc(Cl)c(Cl)c1)C(=O)CCCN(c1cccc(C)c1)S(C)(=O)=O. The normalized spacial score (nSPS) is 12.2. The van der Waals surface area contributed by atoms with Crippen molar-refractivity contribution in [2.24, 2.45) is 0 Å². The predicted molar refractivity (Wildman–Crippen MR) is 152 cm³/mol. The number of benzene rings is 2. The summed E-state index contributed by atoms with van der Waals surface area (Å²) < 4.78 is 26.3. The van der Waals surface area contributed by atoms with Gasteiger partial charge >= 0.3 is 0 Å². The molecule has 0 heterocycles. The number of aryl methyl sites for hydroxylation is 1. The Kier molecular flexibility index (Phi) is 12.2. The Labute approximate surface area is 231 Å². The van der Waals surface area contributed by atoms with Crippen LogP contribution in [0.15, 0.2) is 42.5 Å². The van der Waals surface area contributed by atoms with Gasteiger partial charge in [0.15, 0.2) is 0 Å². The maximum absolute atomic E-state index is 13.5. The number of carbonyl (C=O) groups excluding carboxylic acids is 2. The van der Waals surface area contributed by atoms with Crippen LogP contribution in [0.3, 0.4) is 0 Å². The second-order valence-corrected chi connectivity index (χ2v) is 11.8. The Morgan fingerprint density at radius 1 is 1.03 bits per heavy atom. The number of rotatable bonds is 14. The van der Waals surface area contributed by atoms with E-state index < -0.39 is 16.1 Å².